The molecule has 1 heterocycles. The zero-order valence-electron chi connectivity index (χ0n) is 15.8. The lowest BCUT2D eigenvalue weighted by molar-refractivity contribution is -0.149. The Morgan fingerprint density at radius 1 is 1.15 bits per heavy atom. The van der Waals surface area contributed by atoms with Gasteiger partial charge in [0.05, 0.1) is 18.3 Å². The summed E-state index contributed by atoms with van der Waals surface area (Å²) in [6.07, 6.45) is 3.85. The van der Waals surface area contributed by atoms with Crippen LogP contribution in [0.5, 0.6) is 0 Å². The topological polar surface area (TPSA) is 122 Å². The van der Waals surface area contributed by atoms with E-state index in [9.17, 15) is 24.0 Å². The van der Waals surface area contributed by atoms with Gasteiger partial charge in [0.1, 0.15) is 0 Å². The second-order valence-electron chi connectivity index (χ2n) is 7.07. The molecule has 150 valence electrons. The van der Waals surface area contributed by atoms with E-state index in [0.717, 1.165) is 30.6 Å². The zero-order valence-corrected chi connectivity index (χ0v) is 15.8. The van der Waals surface area contributed by atoms with Crippen LogP contribution in [0, 0.1) is 11.8 Å². The molecule has 1 aliphatic carbocycles. The average molecular weight is 381 g/mol. The molecule has 3 atom stereocenters. The minimum Gasteiger partial charge on any atom is -0.456 e. The van der Waals surface area contributed by atoms with Crippen molar-refractivity contribution < 1.29 is 28.7 Å². The summed E-state index contributed by atoms with van der Waals surface area (Å²) in [7, 11) is 0. The molecule has 0 radical (unpaired) electrons. The summed E-state index contributed by atoms with van der Waals surface area (Å²) in [5, 5.41) is 4.61. The largest absolute Gasteiger partial charge is 0.456 e. The average Bonchev–Trinajstić information content (AvgIpc) is 2.89. The highest BCUT2D eigenvalue weighted by Crippen LogP contribution is 2.37. The first-order valence-electron chi connectivity index (χ1n) is 9.44. The second kappa shape index (κ2) is 9.48. The van der Waals surface area contributed by atoms with E-state index in [4.69, 9.17) is 4.74 Å². The van der Waals surface area contributed by atoms with E-state index in [1.807, 2.05) is 6.92 Å². The van der Waals surface area contributed by atoms with Crippen molar-refractivity contribution in [3.05, 3.63) is 0 Å². The molecule has 0 aromatic rings. The molecule has 1 aliphatic heterocycles. The van der Waals surface area contributed by atoms with Crippen molar-refractivity contribution >= 4 is 29.7 Å². The number of esters is 1. The maximum Gasteiger partial charge on any atom is 0.321 e. The highest BCUT2D eigenvalue weighted by Gasteiger charge is 2.47. The lowest BCUT2D eigenvalue weighted by Gasteiger charge is -2.19. The summed E-state index contributed by atoms with van der Waals surface area (Å²) in [5.74, 6) is -2.38. The lowest BCUT2D eigenvalue weighted by atomic mass is 9.81. The smallest absolute Gasteiger partial charge is 0.321 e. The molecule has 27 heavy (non-hydrogen) atoms. The molecule has 5 amide bonds. The predicted molar refractivity (Wildman–Crippen MR) is 94.2 cm³/mol. The number of rotatable bonds is 7. The fourth-order valence-corrected chi connectivity index (χ4v) is 3.40. The Labute approximate surface area is 158 Å². The van der Waals surface area contributed by atoms with Crippen LogP contribution in [0.1, 0.15) is 52.4 Å². The van der Waals surface area contributed by atoms with Crippen molar-refractivity contribution in [1.82, 2.24) is 15.5 Å². The summed E-state index contributed by atoms with van der Waals surface area (Å²) >= 11 is 0. The summed E-state index contributed by atoms with van der Waals surface area (Å²) in [6.45, 7) is 3.04. The van der Waals surface area contributed by atoms with Crippen LogP contribution in [0.4, 0.5) is 4.79 Å². The Bertz CT molecular complexity index is 596. The van der Waals surface area contributed by atoms with Gasteiger partial charge in [-0.2, -0.15) is 0 Å². The molecule has 9 nitrogen and oxygen atoms in total. The maximum absolute atomic E-state index is 12.3. The van der Waals surface area contributed by atoms with Crippen LogP contribution >= 0.6 is 0 Å². The monoisotopic (exact) mass is 381 g/mol. The minimum atomic E-state index is -0.747. The first kappa shape index (κ1) is 20.9. The van der Waals surface area contributed by atoms with Crippen molar-refractivity contribution in [2.45, 2.75) is 58.4 Å². The highest BCUT2D eigenvalue weighted by molar-refractivity contribution is 6.05. The third kappa shape index (κ3) is 5.51. The SMILES string of the molecule is CC[C@@H](C)NC(=O)NC(=O)COC(=O)CCN1C(=O)[C@H]2CCCC[C@H]2C1=O. The van der Waals surface area contributed by atoms with Crippen LogP contribution in [0.15, 0.2) is 0 Å². The Kier molecular flexibility index (Phi) is 7.32. The number of ether oxygens (including phenoxy) is 1. The number of nitrogens with one attached hydrogen (secondary N) is 2. The van der Waals surface area contributed by atoms with Gasteiger partial charge in [-0.05, 0) is 26.2 Å². The molecule has 2 aliphatic rings. The minimum absolute atomic E-state index is 0.0420. The van der Waals surface area contributed by atoms with Crippen LogP contribution in [-0.2, 0) is 23.9 Å². The Hall–Kier alpha value is -2.45. The van der Waals surface area contributed by atoms with Crippen molar-refractivity contribution in [2.24, 2.45) is 11.8 Å². The molecular weight excluding hydrogens is 354 g/mol. The number of hydrogen-bond donors (Lipinski definition) is 2. The molecule has 0 spiro atoms. The van der Waals surface area contributed by atoms with E-state index in [-0.39, 0.29) is 42.7 Å². The third-order valence-corrected chi connectivity index (χ3v) is 5.08. The number of urea groups is 1. The number of carbonyl (C=O) groups is 5. The maximum atomic E-state index is 12.3. The summed E-state index contributed by atoms with van der Waals surface area (Å²) in [6, 6.07) is -0.735. The second-order valence-corrected chi connectivity index (χ2v) is 7.07. The molecule has 0 aromatic heterocycles. The highest BCUT2D eigenvalue weighted by atomic mass is 16.5. The summed E-state index contributed by atoms with van der Waals surface area (Å²) < 4.78 is 4.80. The first-order valence-corrected chi connectivity index (χ1v) is 9.44. The molecule has 2 fully saturated rings. The first-order chi connectivity index (χ1) is 12.8. The predicted octanol–water partition coefficient (Wildman–Crippen LogP) is 0.719. The quantitative estimate of drug-likeness (QED) is 0.495. The zero-order chi connectivity index (χ0) is 20.0. The Balaban J connectivity index is 1.70. The van der Waals surface area contributed by atoms with Crippen LogP contribution < -0.4 is 10.6 Å². The van der Waals surface area contributed by atoms with Gasteiger partial charge >= 0.3 is 12.0 Å². The fourth-order valence-electron chi connectivity index (χ4n) is 3.40. The van der Waals surface area contributed by atoms with E-state index in [1.165, 1.54) is 0 Å². The van der Waals surface area contributed by atoms with Gasteiger partial charge in [-0.1, -0.05) is 19.8 Å². The van der Waals surface area contributed by atoms with E-state index in [2.05, 4.69) is 10.6 Å². The Morgan fingerprint density at radius 3 is 2.30 bits per heavy atom. The number of hydrogen-bond acceptors (Lipinski definition) is 6. The van der Waals surface area contributed by atoms with Gasteiger partial charge < -0.3 is 10.1 Å². The van der Waals surface area contributed by atoms with Crippen molar-refractivity contribution in [3.8, 4) is 0 Å². The van der Waals surface area contributed by atoms with Crippen LogP contribution in [0.3, 0.4) is 0 Å². The summed E-state index contributed by atoms with van der Waals surface area (Å²) in [5.41, 5.74) is 0. The number of imide groups is 2. The van der Waals surface area contributed by atoms with Gasteiger partial charge in [0, 0.05) is 12.6 Å². The van der Waals surface area contributed by atoms with Crippen molar-refractivity contribution in [2.75, 3.05) is 13.2 Å². The van der Waals surface area contributed by atoms with Gasteiger partial charge in [0.25, 0.3) is 5.91 Å². The fraction of sp³-hybridized carbons (Fsp3) is 0.722. The van der Waals surface area contributed by atoms with E-state index < -0.39 is 24.5 Å². The molecule has 1 saturated carbocycles. The number of amides is 5. The number of fused-ring (bicyclic) bond motifs is 1. The van der Waals surface area contributed by atoms with E-state index in [1.54, 1.807) is 6.92 Å². The van der Waals surface area contributed by atoms with Gasteiger partial charge in [-0.3, -0.25) is 29.4 Å². The molecule has 1 saturated heterocycles. The van der Waals surface area contributed by atoms with Crippen LogP contribution in [-0.4, -0.2) is 53.8 Å². The number of likely N-dealkylation sites (tertiary alicyclic amines) is 1. The van der Waals surface area contributed by atoms with E-state index in [0.29, 0.717) is 6.42 Å². The normalized spacial score (nSPS) is 22.8. The number of carbonyl (C=O) groups excluding carboxylic acids is 5. The molecule has 9 heteroatoms. The van der Waals surface area contributed by atoms with Crippen LogP contribution in [0.2, 0.25) is 0 Å². The van der Waals surface area contributed by atoms with Gasteiger partial charge in [0.2, 0.25) is 11.8 Å². The molecule has 2 rings (SSSR count). The molecular formula is C18H27N3O6. The Morgan fingerprint density at radius 2 is 1.74 bits per heavy atom. The third-order valence-electron chi connectivity index (χ3n) is 5.08. The van der Waals surface area contributed by atoms with Gasteiger partial charge in [-0.15, -0.1) is 0 Å². The van der Waals surface area contributed by atoms with Gasteiger partial charge in [0.15, 0.2) is 6.61 Å². The molecule has 0 aromatic carbocycles. The van der Waals surface area contributed by atoms with E-state index >= 15 is 0 Å². The molecule has 0 bridgehead atoms. The molecule has 2 N–H and O–H groups in total. The number of nitrogens with zero attached hydrogens (tertiary/aromatic N) is 1. The summed E-state index contributed by atoms with van der Waals surface area (Å²) in [4.78, 5) is 60.6. The standard InChI is InChI=1S/C18H27N3O6/c1-3-11(2)19-18(26)20-14(22)10-27-15(23)8-9-21-16(24)12-6-4-5-7-13(12)17(21)25/h11-13H,3-10H2,1-2H3,(H2,19,20,22,26)/t11-,12-,13+/m1/s1. The van der Waals surface area contributed by atoms with Crippen LogP contribution in [0.25, 0.3) is 0 Å². The van der Waals surface area contributed by atoms with Gasteiger partial charge in [-0.25, -0.2) is 4.79 Å². The van der Waals surface area contributed by atoms with Crippen molar-refractivity contribution in [3.63, 3.8) is 0 Å². The lowest BCUT2D eigenvalue weighted by Crippen LogP contribution is -2.44. The van der Waals surface area contributed by atoms with Crippen molar-refractivity contribution in [1.29, 1.82) is 0 Å². The molecule has 0 unspecified atom stereocenters.